The third-order valence-electron chi connectivity index (χ3n) is 3.74. The molecular formula is C17H26O2. The van der Waals surface area contributed by atoms with Crippen LogP contribution in [0.5, 0.6) is 5.75 Å². The van der Waals surface area contributed by atoms with Gasteiger partial charge in [0, 0.05) is 11.1 Å². The Labute approximate surface area is 117 Å². The zero-order valence-electron chi connectivity index (χ0n) is 12.7. The van der Waals surface area contributed by atoms with Gasteiger partial charge >= 0.3 is 0 Å². The largest absolute Gasteiger partial charge is 0.496 e. The number of hydrogen-bond donors (Lipinski definition) is 0. The first-order valence-corrected chi connectivity index (χ1v) is 7.19. The molecule has 0 aromatic heterocycles. The lowest BCUT2D eigenvalue weighted by molar-refractivity contribution is 0.112. The molecule has 106 valence electrons. The summed E-state index contributed by atoms with van der Waals surface area (Å²) >= 11 is 0. The van der Waals surface area contributed by atoms with Crippen LogP contribution in [0.25, 0.3) is 0 Å². The number of methoxy groups -OCH3 is 1. The lowest BCUT2D eigenvalue weighted by Crippen LogP contribution is -2.18. The highest BCUT2D eigenvalue weighted by Crippen LogP contribution is 2.36. The number of benzene rings is 1. The Balaban J connectivity index is 2.88. The normalized spacial score (nSPS) is 11.4. The van der Waals surface area contributed by atoms with Gasteiger partial charge < -0.3 is 4.74 Å². The topological polar surface area (TPSA) is 26.3 Å². The molecule has 1 aromatic carbocycles. The van der Waals surface area contributed by atoms with Crippen LogP contribution in [0.4, 0.5) is 0 Å². The first-order valence-electron chi connectivity index (χ1n) is 7.19. The van der Waals surface area contributed by atoms with E-state index in [1.165, 1.54) is 25.7 Å². The number of unbranched alkanes of at least 4 members (excludes halogenated alkanes) is 3. The standard InChI is InChI=1S/C17H26O2/c1-5-6-7-8-11-17(2,3)15-12-14(13-18)9-10-16(15)19-4/h9-10,12-13H,5-8,11H2,1-4H3. The summed E-state index contributed by atoms with van der Waals surface area (Å²) < 4.78 is 5.44. The van der Waals surface area contributed by atoms with Gasteiger partial charge in [-0.15, -0.1) is 0 Å². The van der Waals surface area contributed by atoms with Crippen LogP contribution in [-0.2, 0) is 5.41 Å². The Morgan fingerprint density at radius 1 is 1.21 bits per heavy atom. The van der Waals surface area contributed by atoms with Gasteiger partial charge in [-0.2, -0.15) is 0 Å². The fraction of sp³-hybridized carbons (Fsp3) is 0.588. The van der Waals surface area contributed by atoms with Gasteiger partial charge in [0.1, 0.15) is 12.0 Å². The SMILES string of the molecule is CCCCCCC(C)(C)c1cc(C=O)ccc1OC. The van der Waals surface area contributed by atoms with Crippen molar-refractivity contribution in [2.75, 3.05) is 7.11 Å². The van der Waals surface area contributed by atoms with E-state index >= 15 is 0 Å². The van der Waals surface area contributed by atoms with Crippen LogP contribution < -0.4 is 4.74 Å². The monoisotopic (exact) mass is 262 g/mol. The van der Waals surface area contributed by atoms with E-state index < -0.39 is 0 Å². The first kappa shape index (κ1) is 15.7. The van der Waals surface area contributed by atoms with Crippen molar-refractivity contribution in [2.45, 2.75) is 58.3 Å². The minimum absolute atomic E-state index is 0.0398. The Kier molecular flexibility index (Phi) is 6.07. The summed E-state index contributed by atoms with van der Waals surface area (Å²) in [6.07, 6.45) is 7.05. The van der Waals surface area contributed by atoms with E-state index in [-0.39, 0.29) is 5.41 Å². The second-order valence-corrected chi connectivity index (χ2v) is 5.77. The lowest BCUT2D eigenvalue weighted by Gasteiger charge is -2.27. The van der Waals surface area contributed by atoms with Crippen molar-refractivity contribution in [1.29, 1.82) is 0 Å². The van der Waals surface area contributed by atoms with Crippen LogP contribution in [0.2, 0.25) is 0 Å². The lowest BCUT2D eigenvalue weighted by atomic mass is 9.79. The molecule has 0 amide bonds. The summed E-state index contributed by atoms with van der Waals surface area (Å²) in [4.78, 5) is 10.9. The zero-order chi connectivity index (χ0) is 14.3. The van der Waals surface area contributed by atoms with Crippen LogP contribution in [0, 0.1) is 0 Å². The van der Waals surface area contributed by atoms with Crippen LogP contribution >= 0.6 is 0 Å². The smallest absolute Gasteiger partial charge is 0.150 e. The summed E-state index contributed by atoms with van der Waals surface area (Å²) in [7, 11) is 1.69. The van der Waals surface area contributed by atoms with Gasteiger partial charge in [0.15, 0.2) is 0 Å². The number of rotatable bonds is 8. The van der Waals surface area contributed by atoms with Crippen molar-refractivity contribution < 1.29 is 9.53 Å². The Bertz CT molecular complexity index is 408. The van der Waals surface area contributed by atoms with E-state index in [1.807, 2.05) is 18.2 Å². The number of ether oxygens (including phenoxy) is 1. The highest BCUT2D eigenvalue weighted by atomic mass is 16.5. The molecule has 0 N–H and O–H groups in total. The second kappa shape index (κ2) is 7.32. The Hall–Kier alpha value is -1.31. The van der Waals surface area contributed by atoms with E-state index in [2.05, 4.69) is 20.8 Å². The predicted octanol–water partition coefficient (Wildman–Crippen LogP) is 4.76. The fourth-order valence-corrected chi connectivity index (χ4v) is 2.46. The van der Waals surface area contributed by atoms with E-state index in [0.29, 0.717) is 0 Å². The number of aldehydes is 1. The average Bonchev–Trinajstić information content (AvgIpc) is 2.43. The van der Waals surface area contributed by atoms with Crippen LogP contribution in [0.3, 0.4) is 0 Å². The zero-order valence-corrected chi connectivity index (χ0v) is 12.7. The summed E-state index contributed by atoms with van der Waals surface area (Å²) in [5, 5.41) is 0. The van der Waals surface area contributed by atoms with Gasteiger partial charge in [-0.3, -0.25) is 4.79 Å². The summed E-state index contributed by atoms with van der Waals surface area (Å²) in [5.74, 6) is 0.881. The van der Waals surface area contributed by atoms with Crippen molar-refractivity contribution in [1.82, 2.24) is 0 Å². The molecule has 0 heterocycles. The molecule has 0 aliphatic heterocycles. The molecule has 0 unspecified atom stereocenters. The third-order valence-corrected chi connectivity index (χ3v) is 3.74. The molecule has 0 spiro atoms. The molecule has 19 heavy (non-hydrogen) atoms. The van der Waals surface area contributed by atoms with E-state index in [0.717, 1.165) is 29.6 Å². The maximum atomic E-state index is 10.9. The van der Waals surface area contributed by atoms with Crippen LogP contribution in [0.1, 0.15) is 68.8 Å². The van der Waals surface area contributed by atoms with Crippen LogP contribution in [0.15, 0.2) is 18.2 Å². The highest BCUT2D eigenvalue weighted by molar-refractivity contribution is 5.76. The predicted molar refractivity (Wildman–Crippen MR) is 80.2 cm³/mol. The molecule has 0 aliphatic rings. The van der Waals surface area contributed by atoms with E-state index in [4.69, 9.17) is 4.74 Å². The highest BCUT2D eigenvalue weighted by Gasteiger charge is 2.24. The Morgan fingerprint density at radius 2 is 1.95 bits per heavy atom. The summed E-state index contributed by atoms with van der Waals surface area (Å²) in [6, 6.07) is 5.67. The number of carbonyl (C=O) groups excluding carboxylic acids is 1. The maximum Gasteiger partial charge on any atom is 0.150 e. The van der Waals surface area contributed by atoms with E-state index in [1.54, 1.807) is 7.11 Å². The molecule has 0 atom stereocenters. The fourth-order valence-electron chi connectivity index (χ4n) is 2.46. The Morgan fingerprint density at radius 3 is 2.53 bits per heavy atom. The summed E-state index contributed by atoms with van der Waals surface area (Å²) in [5.41, 5.74) is 1.89. The minimum atomic E-state index is 0.0398. The second-order valence-electron chi connectivity index (χ2n) is 5.77. The van der Waals surface area contributed by atoms with Crippen molar-refractivity contribution in [2.24, 2.45) is 0 Å². The molecule has 1 rings (SSSR count). The molecule has 2 heteroatoms. The molecule has 0 bridgehead atoms. The molecule has 1 aromatic rings. The van der Waals surface area contributed by atoms with Crippen molar-refractivity contribution in [3.05, 3.63) is 29.3 Å². The molecule has 0 fully saturated rings. The van der Waals surface area contributed by atoms with Crippen molar-refractivity contribution in [3.63, 3.8) is 0 Å². The van der Waals surface area contributed by atoms with Gasteiger partial charge in [-0.1, -0.05) is 46.5 Å². The molecule has 2 nitrogen and oxygen atoms in total. The number of carbonyl (C=O) groups is 1. The van der Waals surface area contributed by atoms with Gasteiger partial charge in [-0.05, 0) is 30.0 Å². The first-order chi connectivity index (χ1) is 9.05. The van der Waals surface area contributed by atoms with E-state index in [9.17, 15) is 4.79 Å². The molecule has 0 saturated carbocycles. The van der Waals surface area contributed by atoms with Gasteiger partial charge in [-0.25, -0.2) is 0 Å². The quantitative estimate of drug-likeness (QED) is 0.499. The van der Waals surface area contributed by atoms with Crippen LogP contribution in [-0.4, -0.2) is 13.4 Å². The van der Waals surface area contributed by atoms with Gasteiger partial charge in [0.25, 0.3) is 0 Å². The van der Waals surface area contributed by atoms with Crippen molar-refractivity contribution in [3.8, 4) is 5.75 Å². The average molecular weight is 262 g/mol. The van der Waals surface area contributed by atoms with Gasteiger partial charge in [0.05, 0.1) is 7.11 Å². The number of hydrogen-bond acceptors (Lipinski definition) is 2. The van der Waals surface area contributed by atoms with Crippen molar-refractivity contribution >= 4 is 6.29 Å². The third kappa shape index (κ3) is 4.38. The minimum Gasteiger partial charge on any atom is -0.496 e. The molecule has 0 aliphatic carbocycles. The van der Waals surface area contributed by atoms with Gasteiger partial charge in [0.2, 0.25) is 0 Å². The summed E-state index contributed by atoms with van der Waals surface area (Å²) in [6.45, 7) is 6.68. The molecular weight excluding hydrogens is 236 g/mol. The molecule has 0 radical (unpaired) electrons. The molecule has 0 saturated heterocycles. The maximum absolute atomic E-state index is 10.9.